The monoisotopic (exact) mass is 626 g/mol. The van der Waals surface area contributed by atoms with Gasteiger partial charge in [0.25, 0.3) is 36.8 Å². The van der Waals surface area contributed by atoms with E-state index >= 15 is 13.2 Å². The molecule has 0 aliphatic heterocycles. The van der Waals surface area contributed by atoms with Crippen LogP contribution in [0.15, 0.2) is 72.8 Å². The highest BCUT2D eigenvalue weighted by molar-refractivity contribution is 6.36. The van der Waals surface area contributed by atoms with E-state index in [1.54, 1.807) is 0 Å². The molecule has 0 heterocycles. The van der Waals surface area contributed by atoms with Gasteiger partial charge < -0.3 is 28.2 Å². The predicted octanol–water partition coefficient (Wildman–Crippen LogP) is 7.31. The van der Waals surface area contributed by atoms with Crippen molar-refractivity contribution in [1.29, 1.82) is 0 Å². The van der Waals surface area contributed by atoms with Crippen molar-refractivity contribution in [2.75, 3.05) is 21.3 Å². The summed E-state index contributed by atoms with van der Waals surface area (Å²) in [7, 11) is 0.0121. The first-order valence-corrected chi connectivity index (χ1v) is 12.1. The van der Waals surface area contributed by atoms with Crippen molar-refractivity contribution in [2.45, 2.75) is 36.8 Å². The summed E-state index contributed by atoms with van der Waals surface area (Å²) in [5.74, 6) is -13.0. The van der Waals surface area contributed by atoms with Crippen LogP contribution in [0.1, 0.15) is 16.7 Å². The number of hydrogen-bond acceptors (Lipinski definition) is 6. The van der Waals surface area contributed by atoms with Crippen molar-refractivity contribution in [1.82, 2.24) is 0 Å². The molecule has 3 aromatic carbocycles. The summed E-state index contributed by atoms with van der Waals surface area (Å²) in [5.41, 5.74) is -3.09. The lowest BCUT2D eigenvalue weighted by Gasteiger charge is -2.35. The Morgan fingerprint density at radius 3 is 0.814 bits per heavy atom. The quantitative estimate of drug-likeness (QED) is 0.130. The molecule has 0 spiro atoms. The Bertz CT molecular complexity index is 1140. The summed E-state index contributed by atoms with van der Waals surface area (Å²) in [4.78, 5) is 0. The number of rotatable bonds is 15. The first-order valence-electron chi connectivity index (χ1n) is 12.1. The van der Waals surface area contributed by atoms with Crippen molar-refractivity contribution in [3.05, 3.63) is 89.5 Å². The Labute approximate surface area is 240 Å². The van der Waals surface area contributed by atoms with Gasteiger partial charge in [0.1, 0.15) is 17.2 Å². The topological polar surface area (TPSA) is 55.4 Å². The highest BCUT2D eigenvalue weighted by atomic mass is 19.3. The van der Waals surface area contributed by atoms with E-state index in [9.17, 15) is 26.3 Å². The van der Waals surface area contributed by atoms with Crippen molar-refractivity contribution in [3.8, 4) is 17.2 Å². The number of alkyl halides is 9. The highest BCUT2D eigenvalue weighted by Gasteiger charge is 2.58. The third-order valence-electron chi connectivity index (χ3n) is 6.10. The van der Waals surface area contributed by atoms with Gasteiger partial charge >= 0.3 is 7.32 Å². The van der Waals surface area contributed by atoms with Crippen LogP contribution in [0.2, 0.25) is 0 Å². The van der Waals surface area contributed by atoms with Crippen LogP contribution in [0.25, 0.3) is 0 Å². The first kappa shape index (κ1) is 33.9. The van der Waals surface area contributed by atoms with Crippen molar-refractivity contribution in [2.24, 2.45) is 0 Å². The largest absolute Gasteiger partial charge is 0.647 e. The van der Waals surface area contributed by atoms with Gasteiger partial charge in [-0.15, -0.1) is 0 Å². The predicted molar refractivity (Wildman–Crippen MR) is 134 cm³/mol. The zero-order valence-corrected chi connectivity index (χ0v) is 22.6. The standard InChI is InChI=1S/C27H24BF9O6/c1-38-19-10-4-16(5-11-19)25(35,22(29)30)41-28(42-26(36,23(31)32)17-6-12-20(39-2)13-7-17)43-27(37,24(33)34)18-8-14-21(40-3)15-9-18/h4-15,22-24H,1-3H3. The van der Waals surface area contributed by atoms with Gasteiger partial charge in [0, 0.05) is 16.7 Å². The zero-order chi connectivity index (χ0) is 32.0. The van der Waals surface area contributed by atoms with Crippen LogP contribution in [0.4, 0.5) is 39.5 Å². The van der Waals surface area contributed by atoms with Gasteiger partial charge in [-0.05, 0) is 72.8 Å². The van der Waals surface area contributed by atoms with E-state index in [-0.39, 0.29) is 17.2 Å². The molecule has 0 fully saturated rings. The van der Waals surface area contributed by atoms with Crippen LogP contribution in [0.3, 0.4) is 0 Å². The van der Waals surface area contributed by atoms with E-state index in [2.05, 4.69) is 14.0 Å². The lowest BCUT2D eigenvalue weighted by molar-refractivity contribution is -0.265. The maximum atomic E-state index is 15.9. The maximum Gasteiger partial charge on any atom is 0.647 e. The molecule has 0 N–H and O–H groups in total. The van der Waals surface area contributed by atoms with Gasteiger partial charge in [0.05, 0.1) is 21.3 Å². The molecule has 0 aromatic heterocycles. The molecule has 6 nitrogen and oxygen atoms in total. The second-order valence-corrected chi connectivity index (χ2v) is 8.66. The molecule has 234 valence electrons. The SMILES string of the molecule is COc1ccc(C(F)(OB(OC(F)(c2ccc(OC)cc2)C(F)F)OC(F)(c2ccc(OC)cc2)C(F)F)C(F)F)cc1. The van der Waals surface area contributed by atoms with E-state index in [1.165, 1.54) is 21.3 Å². The number of benzene rings is 3. The third-order valence-corrected chi connectivity index (χ3v) is 6.10. The van der Waals surface area contributed by atoms with Gasteiger partial charge in [-0.2, -0.15) is 0 Å². The van der Waals surface area contributed by atoms with E-state index in [1.807, 2.05) is 0 Å². The lowest BCUT2D eigenvalue weighted by atomic mass is 10.0. The summed E-state index contributed by atoms with van der Waals surface area (Å²) in [6.07, 6.45) is -12.6. The summed E-state index contributed by atoms with van der Waals surface area (Å²) >= 11 is 0. The summed E-state index contributed by atoms with van der Waals surface area (Å²) in [6, 6.07) is 10.2. The number of methoxy groups -OCH3 is 3. The average Bonchev–Trinajstić information content (AvgIpc) is 3.00. The number of ether oxygens (including phenoxy) is 3. The Hall–Kier alpha value is -3.63. The van der Waals surface area contributed by atoms with Gasteiger partial charge in [-0.25, -0.2) is 39.5 Å². The molecule has 3 unspecified atom stereocenters. The third kappa shape index (κ3) is 7.30. The fourth-order valence-corrected chi connectivity index (χ4v) is 3.68. The van der Waals surface area contributed by atoms with E-state index in [0.29, 0.717) is 36.4 Å². The van der Waals surface area contributed by atoms with Crippen LogP contribution in [-0.2, 0) is 31.5 Å². The van der Waals surface area contributed by atoms with E-state index in [0.717, 1.165) is 36.4 Å². The van der Waals surface area contributed by atoms with Crippen LogP contribution < -0.4 is 14.2 Å². The number of halogens is 9. The molecule has 3 rings (SSSR count). The minimum Gasteiger partial charge on any atom is -0.497 e. The fourth-order valence-electron chi connectivity index (χ4n) is 3.68. The second kappa shape index (κ2) is 13.8. The Balaban J connectivity index is 2.14. The normalized spacial score (nSPS) is 16.0. The first-order chi connectivity index (χ1) is 20.2. The van der Waals surface area contributed by atoms with E-state index in [4.69, 9.17) is 14.2 Å². The smallest absolute Gasteiger partial charge is 0.497 e. The Morgan fingerprint density at radius 2 is 0.651 bits per heavy atom. The Morgan fingerprint density at radius 1 is 0.442 bits per heavy atom. The molecule has 0 aliphatic carbocycles. The minimum atomic E-state index is -4.40. The average molecular weight is 626 g/mol. The molecule has 3 atom stereocenters. The van der Waals surface area contributed by atoms with Gasteiger partial charge in [0.15, 0.2) is 0 Å². The lowest BCUT2D eigenvalue weighted by Crippen LogP contribution is -2.51. The Kier molecular flexibility index (Phi) is 10.9. The minimum absolute atomic E-state index is 0.0596. The maximum absolute atomic E-state index is 15.9. The van der Waals surface area contributed by atoms with Crippen LogP contribution >= 0.6 is 0 Å². The van der Waals surface area contributed by atoms with Crippen LogP contribution in [-0.4, -0.2) is 47.9 Å². The van der Waals surface area contributed by atoms with Gasteiger partial charge in [-0.3, -0.25) is 0 Å². The molecule has 43 heavy (non-hydrogen) atoms. The summed E-state index contributed by atoms with van der Waals surface area (Å²) in [5, 5.41) is 0. The summed E-state index contributed by atoms with van der Waals surface area (Å²) in [6.45, 7) is 0. The summed E-state index contributed by atoms with van der Waals surface area (Å²) < 4.78 is 161. The molecular formula is C27H24BF9O6. The van der Waals surface area contributed by atoms with E-state index < -0.39 is 60.9 Å². The second-order valence-electron chi connectivity index (χ2n) is 8.66. The molecule has 0 bridgehead atoms. The zero-order valence-electron chi connectivity index (χ0n) is 22.6. The highest BCUT2D eigenvalue weighted by Crippen LogP contribution is 2.43. The van der Waals surface area contributed by atoms with Crippen molar-refractivity contribution in [3.63, 3.8) is 0 Å². The molecule has 0 saturated heterocycles. The molecule has 16 heteroatoms. The van der Waals surface area contributed by atoms with Crippen molar-refractivity contribution >= 4 is 7.32 Å². The van der Waals surface area contributed by atoms with Crippen LogP contribution in [0.5, 0.6) is 17.2 Å². The fraction of sp³-hybridized carbons (Fsp3) is 0.333. The van der Waals surface area contributed by atoms with Crippen molar-refractivity contribution < 1.29 is 67.7 Å². The molecule has 3 aromatic rings. The van der Waals surface area contributed by atoms with Gasteiger partial charge in [-0.1, -0.05) is 0 Å². The van der Waals surface area contributed by atoms with Crippen LogP contribution in [0, 0.1) is 0 Å². The molecule has 0 aliphatic rings. The molecule has 0 amide bonds. The molecular weight excluding hydrogens is 602 g/mol. The van der Waals surface area contributed by atoms with Gasteiger partial charge in [0.2, 0.25) is 0 Å². The molecule has 0 radical (unpaired) electrons. The molecule has 0 saturated carbocycles. The number of hydrogen-bond donors (Lipinski definition) is 0.